The number of benzene rings is 1. The lowest BCUT2D eigenvalue weighted by molar-refractivity contribution is -0.443. The fourth-order valence-electron chi connectivity index (χ4n) is 2.42. The molecule has 1 N–H and O–H groups in total. The van der Waals surface area contributed by atoms with Crippen molar-refractivity contribution in [2.24, 2.45) is 0 Å². The topological polar surface area (TPSA) is 44.0 Å². The fraction of sp³-hybridized carbons (Fsp3) is 0.562. The summed E-state index contributed by atoms with van der Waals surface area (Å²) in [5, 5.41) is 18.2. The van der Waals surface area contributed by atoms with Crippen LogP contribution in [0.4, 0.5) is 70.2 Å². The maximum absolute atomic E-state index is 14.0. The van der Waals surface area contributed by atoms with Crippen molar-refractivity contribution in [2.75, 3.05) is 0 Å². The van der Waals surface area contributed by atoms with Gasteiger partial charge in [-0.1, -0.05) is 12.1 Å². The number of halogens is 16. The highest BCUT2D eigenvalue weighted by molar-refractivity contribution is 5.35. The number of aliphatic hydroxyl groups is 1. The molecule has 0 aromatic heterocycles. The van der Waals surface area contributed by atoms with E-state index in [2.05, 4.69) is 0 Å². The molecule has 0 saturated heterocycles. The molecule has 18 heteroatoms. The van der Waals surface area contributed by atoms with Crippen LogP contribution in [0, 0.1) is 11.3 Å². The highest BCUT2D eigenvalue weighted by atomic mass is 19.4. The normalized spacial score (nSPS) is 16.7. The summed E-state index contributed by atoms with van der Waals surface area (Å²) in [4.78, 5) is 0. The minimum atomic E-state index is -8.31. The SMILES string of the molecule is N#Cc1ccc(C(O)(CC(F)(F)C(F)(F)C(F)(F)C(F)(F)C(F)(F)C(F)(F)F)C(F)(F)F)cc1. The number of hydrogen-bond donors (Lipinski definition) is 1. The standard InChI is InChI=1S/C16H7F16NO/c17-10(18,6-9(34,15(27,28)29)8-3-1-7(5-33)2-4-8)11(19,20)12(21,22)13(23,24)14(25,26)16(30,31)32/h1-4,34H,6H2. The average Bonchev–Trinajstić information content (AvgIpc) is 2.65. The zero-order valence-corrected chi connectivity index (χ0v) is 15.5. The number of alkyl halides is 16. The molecule has 0 amide bonds. The molecule has 1 unspecified atom stereocenters. The van der Waals surface area contributed by atoms with Gasteiger partial charge in [-0.2, -0.15) is 75.5 Å². The highest BCUT2D eigenvalue weighted by Crippen LogP contribution is 2.62. The Hall–Kier alpha value is -2.45. The summed E-state index contributed by atoms with van der Waals surface area (Å²) in [5.41, 5.74) is -7.57. The molecule has 0 aliphatic rings. The van der Waals surface area contributed by atoms with Crippen LogP contribution in [0.15, 0.2) is 24.3 Å². The van der Waals surface area contributed by atoms with Crippen molar-refractivity contribution in [3.63, 3.8) is 0 Å². The van der Waals surface area contributed by atoms with Gasteiger partial charge < -0.3 is 5.11 Å². The Bertz CT molecular complexity index is 924. The number of rotatable bonds is 7. The van der Waals surface area contributed by atoms with E-state index in [4.69, 9.17) is 5.26 Å². The van der Waals surface area contributed by atoms with Gasteiger partial charge in [0.2, 0.25) is 0 Å². The third kappa shape index (κ3) is 4.22. The van der Waals surface area contributed by atoms with E-state index in [9.17, 15) is 75.4 Å². The minimum Gasteiger partial charge on any atom is -0.376 e. The Morgan fingerprint density at radius 2 is 0.971 bits per heavy atom. The number of nitriles is 1. The second-order valence-corrected chi connectivity index (χ2v) is 6.72. The molecule has 1 aromatic rings. The molecule has 1 aromatic carbocycles. The van der Waals surface area contributed by atoms with Crippen LogP contribution < -0.4 is 0 Å². The van der Waals surface area contributed by atoms with Gasteiger partial charge >= 0.3 is 42.0 Å². The van der Waals surface area contributed by atoms with Crippen molar-refractivity contribution >= 4 is 0 Å². The van der Waals surface area contributed by atoms with E-state index in [0.717, 1.165) is 0 Å². The first-order valence-corrected chi connectivity index (χ1v) is 8.00. The molecule has 0 fully saturated rings. The van der Waals surface area contributed by atoms with Gasteiger partial charge in [0, 0.05) is 0 Å². The Morgan fingerprint density at radius 1 is 0.588 bits per heavy atom. The lowest BCUT2D eigenvalue weighted by atomic mass is 9.82. The largest absolute Gasteiger partial charge is 0.460 e. The summed E-state index contributed by atoms with van der Waals surface area (Å²) in [6.45, 7) is 0. The van der Waals surface area contributed by atoms with Crippen LogP contribution in [0.25, 0.3) is 0 Å². The van der Waals surface area contributed by atoms with Crippen LogP contribution in [0.1, 0.15) is 17.5 Å². The molecule has 0 heterocycles. The molecule has 0 aliphatic carbocycles. The predicted molar refractivity (Wildman–Crippen MR) is 76.5 cm³/mol. The summed E-state index contributed by atoms with van der Waals surface area (Å²) in [7, 11) is 0. The number of nitrogens with zero attached hydrogens (tertiary/aromatic N) is 1. The zero-order valence-electron chi connectivity index (χ0n) is 15.5. The molecule has 0 spiro atoms. The van der Waals surface area contributed by atoms with Gasteiger partial charge in [0.15, 0.2) is 5.60 Å². The van der Waals surface area contributed by atoms with Crippen molar-refractivity contribution in [3.05, 3.63) is 35.4 Å². The summed E-state index contributed by atoms with van der Waals surface area (Å²) < 4.78 is 210. The van der Waals surface area contributed by atoms with Crippen molar-refractivity contribution in [3.8, 4) is 6.07 Å². The Labute approximate surface area is 177 Å². The van der Waals surface area contributed by atoms with Crippen molar-refractivity contribution in [2.45, 2.75) is 54.0 Å². The van der Waals surface area contributed by atoms with Crippen LogP contribution in [-0.2, 0) is 5.60 Å². The molecule has 194 valence electrons. The zero-order chi connectivity index (χ0) is 27.4. The lowest BCUT2D eigenvalue weighted by Crippen LogP contribution is -2.70. The Kier molecular flexibility index (Phi) is 7.01. The van der Waals surface area contributed by atoms with E-state index in [0.29, 0.717) is 12.1 Å². The van der Waals surface area contributed by atoms with E-state index < -0.39 is 65.1 Å². The maximum Gasteiger partial charge on any atom is 0.460 e. The molecule has 2 nitrogen and oxygen atoms in total. The number of hydrogen-bond acceptors (Lipinski definition) is 2. The summed E-state index contributed by atoms with van der Waals surface area (Å²) in [5.74, 6) is -39.8. The minimum absolute atomic E-state index is 0.0326. The Morgan fingerprint density at radius 3 is 1.29 bits per heavy atom. The lowest BCUT2D eigenvalue weighted by Gasteiger charge is -2.42. The van der Waals surface area contributed by atoms with Crippen molar-refractivity contribution in [1.29, 1.82) is 5.26 Å². The van der Waals surface area contributed by atoms with Crippen molar-refractivity contribution < 1.29 is 75.4 Å². The molecule has 1 atom stereocenters. The van der Waals surface area contributed by atoms with Gasteiger partial charge in [-0.05, 0) is 17.7 Å². The average molecular weight is 533 g/mol. The van der Waals surface area contributed by atoms with Crippen LogP contribution in [0.5, 0.6) is 0 Å². The van der Waals surface area contributed by atoms with Crippen LogP contribution in [0.3, 0.4) is 0 Å². The third-order valence-corrected chi connectivity index (χ3v) is 4.44. The predicted octanol–water partition coefficient (Wildman–Crippen LogP) is 6.44. The van der Waals surface area contributed by atoms with E-state index >= 15 is 0 Å². The second kappa shape index (κ2) is 8.05. The molecule has 0 aliphatic heterocycles. The quantitative estimate of drug-likeness (QED) is 0.411. The van der Waals surface area contributed by atoms with Gasteiger partial charge in [-0.15, -0.1) is 0 Å². The smallest absolute Gasteiger partial charge is 0.376 e. The maximum atomic E-state index is 14.0. The summed E-state index contributed by atoms with van der Waals surface area (Å²) in [6, 6.07) is 2.16. The molecule has 0 saturated carbocycles. The molecular formula is C16H7F16NO. The summed E-state index contributed by atoms with van der Waals surface area (Å²) >= 11 is 0. The first kappa shape index (κ1) is 29.6. The van der Waals surface area contributed by atoms with Crippen LogP contribution >= 0.6 is 0 Å². The summed E-state index contributed by atoms with van der Waals surface area (Å²) in [6.07, 6.45) is -18.1. The van der Waals surface area contributed by atoms with E-state index in [1.807, 2.05) is 0 Å². The van der Waals surface area contributed by atoms with Crippen LogP contribution in [0.2, 0.25) is 0 Å². The molecule has 1 rings (SSSR count). The van der Waals surface area contributed by atoms with Gasteiger partial charge in [0.05, 0.1) is 18.1 Å². The fourth-order valence-corrected chi connectivity index (χ4v) is 2.42. The van der Waals surface area contributed by atoms with E-state index in [-0.39, 0.29) is 12.1 Å². The second-order valence-electron chi connectivity index (χ2n) is 6.72. The Balaban J connectivity index is 3.67. The first-order valence-electron chi connectivity index (χ1n) is 8.00. The van der Waals surface area contributed by atoms with E-state index in [1.54, 1.807) is 0 Å². The molecule has 0 radical (unpaired) electrons. The highest BCUT2D eigenvalue weighted by Gasteiger charge is 2.91. The third-order valence-electron chi connectivity index (χ3n) is 4.44. The molecule has 0 bridgehead atoms. The van der Waals surface area contributed by atoms with Gasteiger partial charge in [-0.25, -0.2) is 0 Å². The van der Waals surface area contributed by atoms with Crippen molar-refractivity contribution in [1.82, 2.24) is 0 Å². The van der Waals surface area contributed by atoms with Crippen LogP contribution in [-0.4, -0.2) is 47.1 Å². The van der Waals surface area contributed by atoms with Gasteiger partial charge in [-0.3, -0.25) is 0 Å². The molecule has 34 heavy (non-hydrogen) atoms. The van der Waals surface area contributed by atoms with Gasteiger partial charge in [0.25, 0.3) is 0 Å². The monoisotopic (exact) mass is 533 g/mol. The van der Waals surface area contributed by atoms with E-state index in [1.165, 1.54) is 6.07 Å². The van der Waals surface area contributed by atoms with Gasteiger partial charge in [0.1, 0.15) is 0 Å². The first-order chi connectivity index (χ1) is 14.7. The molecular weight excluding hydrogens is 526 g/mol.